The van der Waals surface area contributed by atoms with Crippen molar-refractivity contribution in [3.05, 3.63) is 72.4 Å². The summed E-state index contributed by atoms with van der Waals surface area (Å²) in [6.45, 7) is 0.271. The minimum atomic E-state index is -4.66. The molecule has 170 valence electrons. The summed E-state index contributed by atoms with van der Waals surface area (Å²) >= 11 is 0. The highest BCUT2D eigenvalue weighted by Gasteiger charge is 2.31. The Labute approximate surface area is 184 Å². The lowest BCUT2D eigenvalue weighted by molar-refractivity contribution is -0.137. The van der Waals surface area contributed by atoms with Gasteiger partial charge in [0.15, 0.2) is 0 Å². The van der Waals surface area contributed by atoms with Crippen LogP contribution in [-0.2, 0) is 12.7 Å². The molecule has 2 aromatic heterocycles. The molecule has 0 saturated heterocycles. The Hall–Kier alpha value is -3.99. The van der Waals surface area contributed by atoms with E-state index in [1.807, 2.05) is 0 Å². The van der Waals surface area contributed by atoms with E-state index in [1.54, 1.807) is 47.5 Å². The van der Waals surface area contributed by atoms with Gasteiger partial charge in [0.2, 0.25) is 0 Å². The highest BCUT2D eigenvalue weighted by Crippen LogP contribution is 2.32. The first-order chi connectivity index (χ1) is 15.8. The van der Waals surface area contributed by atoms with Gasteiger partial charge >= 0.3 is 12.2 Å². The molecule has 2 aromatic carbocycles. The highest BCUT2D eigenvalue weighted by atomic mass is 19.4. The predicted octanol–water partition coefficient (Wildman–Crippen LogP) is 4.89. The molecule has 4 rings (SSSR count). The maximum atomic E-state index is 13.8. The Bertz CT molecular complexity index is 1300. The number of aliphatic hydroxyl groups is 1. The Morgan fingerprint density at radius 2 is 1.79 bits per heavy atom. The Kier molecular flexibility index (Phi) is 5.97. The van der Waals surface area contributed by atoms with Crippen LogP contribution in [0.3, 0.4) is 0 Å². The monoisotopic (exact) mass is 459 g/mol. The molecule has 11 heteroatoms. The van der Waals surface area contributed by atoms with Gasteiger partial charge in [0.25, 0.3) is 0 Å². The number of hydrogen-bond acceptors (Lipinski definition) is 4. The van der Waals surface area contributed by atoms with Crippen LogP contribution in [0.25, 0.3) is 22.0 Å². The molecule has 0 radical (unpaired) electrons. The minimum Gasteiger partial charge on any atom is -0.394 e. The standard InChI is InChI=1S/C22H17F4N5O2/c23-18-6-3-14(22(24,25)26)9-19(18)30-21(33)29-15-4-1-13(2-5-15)16-10-27-12-20-17(16)11-28-31(20)7-8-32/h1-6,9-12,32H,7-8H2,(H2,29,30,33). The molecule has 0 spiro atoms. The molecule has 0 atom stereocenters. The number of aromatic nitrogens is 3. The van der Waals surface area contributed by atoms with E-state index < -0.39 is 29.3 Å². The van der Waals surface area contributed by atoms with Crippen molar-refractivity contribution in [1.82, 2.24) is 14.8 Å². The van der Waals surface area contributed by atoms with Crippen molar-refractivity contribution < 1.29 is 27.5 Å². The number of halogens is 4. The second-order valence-electron chi connectivity index (χ2n) is 7.06. The summed E-state index contributed by atoms with van der Waals surface area (Å²) in [5.41, 5.74) is 1.02. The molecule has 0 unspecified atom stereocenters. The van der Waals surface area contributed by atoms with Crippen molar-refractivity contribution in [3.8, 4) is 11.1 Å². The molecule has 0 aliphatic rings. The largest absolute Gasteiger partial charge is 0.416 e. The molecule has 33 heavy (non-hydrogen) atoms. The number of alkyl halides is 3. The lowest BCUT2D eigenvalue weighted by Crippen LogP contribution is -2.20. The number of anilines is 2. The zero-order valence-electron chi connectivity index (χ0n) is 16.9. The van der Waals surface area contributed by atoms with E-state index in [9.17, 15) is 22.4 Å². The maximum absolute atomic E-state index is 13.8. The minimum absolute atomic E-state index is 0.0617. The maximum Gasteiger partial charge on any atom is 0.416 e. The van der Waals surface area contributed by atoms with Crippen LogP contribution >= 0.6 is 0 Å². The molecule has 0 saturated carbocycles. The Balaban J connectivity index is 1.50. The first kappa shape index (κ1) is 22.2. The van der Waals surface area contributed by atoms with Crippen LogP contribution in [-0.4, -0.2) is 32.5 Å². The molecule has 2 amide bonds. The van der Waals surface area contributed by atoms with Gasteiger partial charge in [-0.25, -0.2) is 9.18 Å². The van der Waals surface area contributed by atoms with Crippen LogP contribution in [0.2, 0.25) is 0 Å². The van der Waals surface area contributed by atoms with Crippen LogP contribution in [0.4, 0.5) is 33.7 Å². The zero-order chi connectivity index (χ0) is 23.6. The van der Waals surface area contributed by atoms with Gasteiger partial charge in [-0.2, -0.15) is 18.3 Å². The molecule has 7 nitrogen and oxygen atoms in total. The van der Waals surface area contributed by atoms with Gasteiger partial charge in [-0.3, -0.25) is 9.67 Å². The number of benzene rings is 2. The number of nitrogens with one attached hydrogen (secondary N) is 2. The molecular formula is C22H17F4N5O2. The average molecular weight is 459 g/mol. The summed E-state index contributed by atoms with van der Waals surface area (Å²) in [5.74, 6) is -0.990. The molecule has 0 aliphatic heterocycles. The van der Waals surface area contributed by atoms with Crippen molar-refractivity contribution in [3.63, 3.8) is 0 Å². The molecule has 0 fully saturated rings. The molecular weight excluding hydrogens is 442 g/mol. The molecule has 3 N–H and O–H groups in total. The first-order valence-electron chi connectivity index (χ1n) is 9.72. The number of amides is 2. The first-order valence-corrected chi connectivity index (χ1v) is 9.72. The summed E-state index contributed by atoms with van der Waals surface area (Å²) in [6, 6.07) is 7.51. The fourth-order valence-electron chi connectivity index (χ4n) is 3.31. The van der Waals surface area contributed by atoms with Crippen molar-refractivity contribution in [2.75, 3.05) is 17.2 Å². The predicted molar refractivity (Wildman–Crippen MR) is 114 cm³/mol. The van der Waals surface area contributed by atoms with Crippen LogP contribution in [0.5, 0.6) is 0 Å². The van der Waals surface area contributed by atoms with Crippen molar-refractivity contribution in [2.24, 2.45) is 0 Å². The SMILES string of the molecule is O=C(Nc1ccc(-c2cncc3c2cnn3CCO)cc1)Nc1cc(C(F)(F)F)ccc1F. The topological polar surface area (TPSA) is 92.1 Å². The molecule has 4 aromatic rings. The fourth-order valence-corrected chi connectivity index (χ4v) is 3.31. The van der Waals surface area contributed by atoms with Gasteiger partial charge in [-0.05, 0) is 35.9 Å². The number of rotatable bonds is 5. The Morgan fingerprint density at radius 3 is 2.48 bits per heavy atom. The number of aliphatic hydroxyl groups excluding tert-OH is 1. The van der Waals surface area contributed by atoms with Crippen LogP contribution < -0.4 is 10.6 Å². The lowest BCUT2D eigenvalue weighted by atomic mass is 10.0. The second kappa shape index (κ2) is 8.87. The van der Waals surface area contributed by atoms with E-state index in [2.05, 4.69) is 20.7 Å². The summed E-state index contributed by atoms with van der Waals surface area (Å²) < 4.78 is 54.0. The van der Waals surface area contributed by atoms with Crippen LogP contribution in [0.1, 0.15) is 5.56 Å². The summed E-state index contributed by atoms with van der Waals surface area (Å²) in [6.07, 6.45) is 0.321. The number of fused-ring (bicyclic) bond motifs is 1. The van der Waals surface area contributed by atoms with Crippen molar-refractivity contribution >= 4 is 28.3 Å². The van der Waals surface area contributed by atoms with Crippen LogP contribution in [0, 0.1) is 5.82 Å². The van der Waals surface area contributed by atoms with E-state index >= 15 is 0 Å². The second-order valence-corrected chi connectivity index (χ2v) is 7.06. The van der Waals surface area contributed by atoms with Gasteiger partial charge in [0.05, 0.1) is 42.3 Å². The van der Waals surface area contributed by atoms with Gasteiger partial charge in [-0.1, -0.05) is 12.1 Å². The third kappa shape index (κ3) is 4.77. The lowest BCUT2D eigenvalue weighted by Gasteiger charge is -2.12. The molecule has 2 heterocycles. The van der Waals surface area contributed by atoms with Gasteiger partial charge in [0, 0.05) is 22.8 Å². The van der Waals surface area contributed by atoms with E-state index in [1.165, 1.54) is 0 Å². The summed E-state index contributed by atoms with van der Waals surface area (Å²) in [5, 5.41) is 18.8. The van der Waals surface area contributed by atoms with Gasteiger partial charge < -0.3 is 15.7 Å². The van der Waals surface area contributed by atoms with Crippen molar-refractivity contribution in [1.29, 1.82) is 0 Å². The van der Waals surface area contributed by atoms with E-state index in [0.717, 1.165) is 22.0 Å². The van der Waals surface area contributed by atoms with Gasteiger partial charge in [-0.15, -0.1) is 0 Å². The number of carbonyl (C=O) groups excluding carboxylic acids is 1. The van der Waals surface area contributed by atoms with Gasteiger partial charge in [0.1, 0.15) is 5.82 Å². The third-order valence-corrected chi connectivity index (χ3v) is 4.88. The quantitative estimate of drug-likeness (QED) is 0.371. The van der Waals surface area contributed by atoms with E-state index in [0.29, 0.717) is 30.4 Å². The number of carbonyl (C=O) groups is 1. The normalized spacial score (nSPS) is 11.5. The van der Waals surface area contributed by atoms with E-state index in [-0.39, 0.29) is 6.61 Å². The molecule has 0 bridgehead atoms. The van der Waals surface area contributed by atoms with Crippen molar-refractivity contribution in [2.45, 2.75) is 12.7 Å². The third-order valence-electron chi connectivity index (χ3n) is 4.88. The fraction of sp³-hybridized carbons (Fsp3) is 0.136. The van der Waals surface area contributed by atoms with E-state index in [4.69, 9.17) is 5.11 Å². The number of nitrogens with zero attached hydrogens (tertiary/aromatic N) is 3. The zero-order valence-corrected chi connectivity index (χ0v) is 16.9. The summed E-state index contributed by atoms with van der Waals surface area (Å²) in [4.78, 5) is 16.4. The number of hydrogen-bond donors (Lipinski definition) is 3. The number of pyridine rings is 1. The Morgan fingerprint density at radius 1 is 1.03 bits per heavy atom. The average Bonchev–Trinajstić information content (AvgIpc) is 3.18. The van der Waals surface area contributed by atoms with Crippen LogP contribution in [0.15, 0.2) is 61.1 Å². The molecule has 0 aliphatic carbocycles. The highest BCUT2D eigenvalue weighted by molar-refractivity contribution is 6.00. The summed E-state index contributed by atoms with van der Waals surface area (Å²) in [7, 11) is 0. The smallest absolute Gasteiger partial charge is 0.394 e. The number of urea groups is 1.